The molecule has 0 bridgehead atoms. The first kappa shape index (κ1) is 14.3. The number of hydrogen-bond donors (Lipinski definition) is 1. The smallest absolute Gasteiger partial charge is 0.265 e. The third kappa shape index (κ3) is 3.67. The maximum atomic E-state index is 12.8. The first-order valence-electron chi connectivity index (χ1n) is 5.76. The summed E-state index contributed by atoms with van der Waals surface area (Å²) in [6.07, 6.45) is 0.693. The standard InChI is InChI=1S/C13H12BrFN2OS/c1-2-10-12(14)13(18)17-11(16-10)7-19-9-5-3-8(15)4-6-9/h3-6H,2,7H2,1H3,(H,16,17,18). The molecule has 0 spiro atoms. The molecule has 2 rings (SSSR count). The van der Waals surface area contributed by atoms with Crippen LogP contribution in [0.3, 0.4) is 0 Å². The number of aromatic amines is 1. The van der Waals surface area contributed by atoms with E-state index in [1.807, 2.05) is 6.92 Å². The highest BCUT2D eigenvalue weighted by Crippen LogP contribution is 2.21. The molecule has 3 nitrogen and oxygen atoms in total. The minimum Gasteiger partial charge on any atom is -0.309 e. The van der Waals surface area contributed by atoms with Crippen molar-refractivity contribution in [2.24, 2.45) is 0 Å². The highest BCUT2D eigenvalue weighted by atomic mass is 79.9. The van der Waals surface area contributed by atoms with Crippen molar-refractivity contribution in [3.63, 3.8) is 0 Å². The van der Waals surface area contributed by atoms with Crippen LogP contribution in [-0.4, -0.2) is 9.97 Å². The highest BCUT2D eigenvalue weighted by Gasteiger charge is 2.07. The molecule has 0 atom stereocenters. The van der Waals surface area contributed by atoms with Gasteiger partial charge in [0.15, 0.2) is 0 Å². The summed E-state index contributed by atoms with van der Waals surface area (Å²) < 4.78 is 13.3. The topological polar surface area (TPSA) is 45.8 Å². The van der Waals surface area contributed by atoms with E-state index in [2.05, 4.69) is 25.9 Å². The molecule has 0 fully saturated rings. The first-order chi connectivity index (χ1) is 9.10. The zero-order chi connectivity index (χ0) is 13.8. The van der Waals surface area contributed by atoms with Crippen molar-refractivity contribution < 1.29 is 4.39 Å². The minimum absolute atomic E-state index is 0.165. The molecule has 2 aromatic rings. The summed E-state index contributed by atoms with van der Waals surface area (Å²) in [6, 6.07) is 6.24. The van der Waals surface area contributed by atoms with Crippen molar-refractivity contribution in [1.82, 2.24) is 9.97 Å². The average molecular weight is 343 g/mol. The molecule has 1 aromatic heterocycles. The van der Waals surface area contributed by atoms with Crippen LogP contribution in [0.4, 0.5) is 4.39 Å². The lowest BCUT2D eigenvalue weighted by Gasteiger charge is -2.05. The molecule has 100 valence electrons. The Bertz CT molecular complexity index is 628. The van der Waals surface area contributed by atoms with Gasteiger partial charge in [-0.2, -0.15) is 0 Å². The van der Waals surface area contributed by atoms with Crippen molar-refractivity contribution >= 4 is 27.7 Å². The summed E-state index contributed by atoms with van der Waals surface area (Å²) in [5, 5.41) is 0. The van der Waals surface area contributed by atoms with Gasteiger partial charge in [-0.1, -0.05) is 6.92 Å². The van der Waals surface area contributed by atoms with Gasteiger partial charge in [-0.05, 0) is 46.6 Å². The van der Waals surface area contributed by atoms with Gasteiger partial charge in [0.1, 0.15) is 16.1 Å². The van der Waals surface area contributed by atoms with Gasteiger partial charge in [0.05, 0.1) is 11.4 Å². The second-order valence-electron chi connectivity index (χ2n) is 3.87. The zero-order valence-corrected chi connectivity index (χ0v) is 12.6. The molecule has 1 aromatic carbocycles. The van der Waals surface area contributed by atoms with Gasteiger partial charge in [0, 0.05) is 4.90 Å². The first-order valence-corrected chi connectivity index (χ1v) is 7.54. The summed E-state index contributed by atoms with van der Waals surface area (Å²) in [4.78, 5) is 19.7. The van der Waals surface area contributed by atoms with Crippen LogP contribution in [-0.2, 0) is 12.2 Å². The van der Waals surface area contributed by atoms with E-state index >= 15 is 0 Å². The lowest BCUT2D eigenvalue weighted by atomic mass is 10.3. The van der Waals surface area contributed by atoms with Crippen LogP contribution in [0.5, 0.6) is 0 Å². The van der Waals surface area contributed by atoms with Gasteiger partial charge in [0.25, 0.3) is 5.56 Å². The quantitative estimate of drug-likeness (QED) is 0.864. The number of halogens is 2. The van der Waals surface area contributed by atoms with Crippen LogP contribution in [0, 0.1) is 5.82 Å². The molecular formula is C13H12BrFN2OS. The van der Waals surface area contributed by atoms with E-state index in [0.717, 1.165) is 10.6 Å². The number of H-pyrrole nitrogens is 1. The number of nitrogens with zero attached hydrogens (tertiary/aromatic N) is 1. The van der Waals surface area contributed by atoms with E-state index in [-0.39, 0.29) is 11.4 Å². The predicted molar refractivity (Wildman–Crippen MR) is 77.9 cm³/mol. The molecule has 1 N–H and O–H groups in total. The normalized spacial score (nSPS) is 10.7. The number of aromatic nitrogens is 2. The molecule has 19 heavy (non-hydrogen) atoms. The molecule has 6 heteroatoms. The van der Waals surface area contributed by atoms with Crippen LogP contribution in [0.2, 0.25) is 0 Å². The van der Waals surface area contributed by atoms with Gasteiger partial charge in [0.2, 0.25) is 0 Å². The molecule has 0 saturated heterocycles. The van der Waals surface area contributed by atoms with E-state index < -0.39 is 0 Å². The molecule has 1 heterocycles. The molecule has 0 saturated carbocycles. The molecule has 0 radical (unpaired) electrons. The van der Waals surface area contributed by atoms with E-state index in [4.69, 9.17) is 0 Å². The Morgan fingerprint density at radius 3 is 2.68 bits per heavy atom. The molecular weight excluding hydrogens is 331 g/mol. The molecule has 0 amide bonds. The summed E-state index contributed by atoms with van der Waals surface area (Å²) >= 11 is 4.73. The number of rotatable bonds is 4. The summed E-state index contributed by atoms with van der Waals surface area (Å²) in [6.45, 7) is 1.95. The van der Waals surface area contributed by atoms with Crippen LogP contribution >= 0.6 is 27.7 Å². The van der Waals surface area contributed by atoms with Crippen molar-refractivity contribution in [2.45, 2.75) is 24.0 Å². The number of nitrogens with one attached hydrogen (secondary N) is 1. The zero-order valence-electron chi connectivity index (χ0n) is 10.2. The fraction of sp³-hybridized carbons (Fsp3) is 0.231. The Labute approximate surface area is 122 Å². The Morgan fingerprint density at radius 2 is 2.05 bits per heavy atom. The third-order valence-corrected chi connectivity index (χ3v) is 4.35. The third-order valence-electron chi connectivity index (χ3n) is 2.50. The van der Waals surface area contributed by atoms with Crippen molar-refractivity contribution in [1.29, 1.82) is 0 Å². The van der Waals surface area contributed by atoms with Crippen molar-refractivity contribution in [2.75, 3.05) is 0 Å². The van der Waals surface area contributed by atoms with Crippen LogP contribution < -0.4 is 5.56 Å². The molecule has 0 aliphatic rings. The second kappa shape index (κ2) is 6.34. The Balaban J connectivity index is 2.13. The Hall–Kier alpha value is -1.14. The molecule has 0 aliphatic carbocycles. The number of aryl methyl sites for hydroxylation is 1. The summed E-state index contributed by atoms with van der Waals surface area (Å²) in [5.41, 5.74) is 0.583. The fourth-order valence-corrected chi connectivity index (χ4v) is 2.78. The Kier molecular flexibility index (Phi) is 4.76. The second-order valence-corrected chi connectivity index (χ2v) is 5.71. The molecule has 0 aliphatic heterocycles. The van der Waals surface area contributed by atoms with Gasteiger partial charge in [-0.25, -0.2) is 9.37 Å². The highest BCUT2D eigenvalue weighted by molar-refractivity contribution is 9.10. The molecule has 0 unspecified atom stereocenters. The van der Waals surface area contributed by atoms with Gasteiger partial charge in [-0.3, -0.25) is 4.79 Å². The number of hydrogen-bond acceptors (Lipinski definition) is 3. The van der Waals surface area contributed by atoms with Gasteiger partial charge in [-0.15, -0.1) is 11.8 Å². The van der Waals surface area contributed by atoms with Gasteiger partial charge < -0.3 is 4.98 Å². The maximum absolute atomic E-state index is 12.8. The number of benzene rings is 1. The van der Waals surface area contributed by atoms with Crippen molar-refractivity contribution in [3.8, 4) is 0 Å². The average Bonchev–Trinajstić information content (AvgIpc) is 2.41. The fourth-order valence-electron chi connectivity index (χ4n) is 1.54. The predicted octanol–water partition coefficient (Wildman–Crippen LogP) is 3.53. The van der Waals surface area contributed by atoms with Crippen LogP contribution in [0.1, 0.15) is 18.4 Å². The number of thioether (sulfide) groups is 1. The van der Waals surface area contributed by atoms with Crippen LogP contribution in [0.15, 0.2) is 38.4 Å². The lowest BCUT2D eigenvalue weighted by Crippen LogP contribution is -2.14. The monoisotopic (exact) mass is 342 g/mol. The summed E-state index contributed by atoms with van der Waals surface area (Å²) in [5.74, 6) is 0.911. The van der Waals surface area contributed by atoms with Crippen LogP contribution in [0.25, 0.3) is 0 Å². The summed E-state index contributed by atoms with van der Waals surface area (Å²) in [7, 11) is 0. The largest absolute Gasteiger partial charge is 0.309 e. The van der Waals surface area contributed by atoms with E-state index in [1.165, 1.54) is 23.9 Å². The van der Waals surface area contributed by atoms with E-state index in [1.54, 1.807) is 12.1 Å². The SMILES string of the molecule is CCc1nc(CSc2ccc(F)cc2)[nH]c(=O)c1Br. The van der Waals surface area contributed by atoms with Gasteiger partial charge >= 0.3 is 0 Å². The Morgan fingerprint density at radius 1 is 1.37 bits per heavy atom. The van der Waals surface area contributed by atoms with E-state index in [0.29, 0.717) is 22.5 Å². The maximum Gasteiger partial charge on any atom is 0.265 e. The van der Waals surface area contributed by atoms with E-state index in [9.17, 15) is 9.18 Å². The van der Waals surface area contributed by atoms with Crippen molar-refractivity contribution in [3.05, 3.63) is 56.4 Å². The lowest BCUT2D eigenvalue weighted by molar-refractivity contribution is 0.626. The minimum atomic E-state index is -0.257.